The fourth-order valence-electron chi connectivity index (χ4n) is 3.88. The fourth-order valence-corrected chi connectivity index (χ4v) is 3.88. The Bertz CT molecular complexity index is 1080. The van der Waals surface area contributed by atoms with Crippen LogP contribution in [0.1, 0.15) is 30.8 Å². The van der Waals surface area contributed by atoms with E-state index in [1.165, 1.54) is 0 Å². The molecule has 1 aliphatic rings. The lowest BCUT2D eigenvalue weighted by atomic mass is 10.00. The lowest BCUT2D eigenvalue weighted by Crippen LogP contribution is -2.36. The van der Waals surface area contributed by atoms with Crippen molar-refractivity contribution in [3.05, 3.63) is 47.7 Å². The Morgan fingerprint density at radius 3 is 2.18 bits per heavy atom. The number of nitrogen functional groups attached to an aromatic ring is 2. The van der Waals surface area contributed by atoms with Crippen LogP contribution in [0.4, 0.5) is 11.8 Å². The van der Waals surface area contributed by atoms with E-state index in [0.717, 1.165) is 54.4 Å². The molecule has 4 rings (SSSR count). The van der Waals surface area contributed by atoms with Crippen molar-refractivity contribution in [3.8, 4) is 22.6 Å². The molecule has 10 nitrogen and oxygen atoms in total. The molecule has 1 saturated heterocycles. The lowest BCUT2D eigenvalue weighted by Gasteiger charge is -2.25. The summed E-state index contributed by atoms with van der Waals surface area (Å²) < 4.78 is 17.5. The molecule has 1 aromatic carbocycles. The molecular formula is C24H31N7O3. The van der Waals surface area contributed by atoms with Gasteiger partial charge in [-0.25, -0.2) is 15.0 Å². The second-order valence-electron chi connectivity index (χ2n) is 7.93. The van der Waals surface area contributed by atoms with Gasteiger partial charge in [0.15, 0.2) is 0 Å². The average Bonchev–Trinajstić information content (AvgIpc) is 2.83. The Morgan fingerprint density at radius 2 is 1.59 bits per heavy atom. The maximum atomic E-state index is 6.04. The largest absolute Gasteiger partial charge is 0.493 e. The van der Waals surface area contributed by atoms with E-state index in [0.29, 0.717) is 43.5 Å². The number of rotatable bonds is 9. The van der Waals surface area contributed by atoms with Crippen molar-refractivity contribution in [1.29, 1.82) is 0 Å². The van der Waals surface area contributed by atoms with Crippen LogP contribution in [0.5, 0.6) is 11.5 Å². The minimum absolute atomic E-state index is 0.152. The van der Waals surface area contributed by atoms with Crippen molar-refractivity contribution in [2.45, 2.75) is 26.8 Å². The summed E-state index contributed by atoms with van der Waals surface area (Å²) >= 11 is 0. The van der Waals surface area contributed by atoms with Crippen LogP contribution in [-0.4, -0.2) is 64.4 Å². The molecule has 2 aromatic heterocycles. The molecule has 0 saturated carbocycles. The van der Waals surface area contributed by atoms with E-state index in [2.05, 4.69) is 24.8 Å². The first-order valence-corrected chi connectivity index (χ1v) is 11.5. The van der Waals surface area contributed by atoms with Gasteiger partial charge in [0.1, 0.15) is 23.1 Å². The Balaban J connectivity index is 1.65. The van der Waals surface area contributed by atoms with E-state index in [9.17, 15) is 0 Å². The second kappa shape index (κ2) is 11.1. The number of aromatic nitrogens is 4. The molecule has 0 unspecified atom stereocenters. The molecule has 1 aliphatic heterocycles. The summed E-state index contributed by atoms with van der Waals surface area (Å²) in [4.78, 5) is 19.6. The zero-order valence-corrected chi connectivity index (χ0v) is 19.7. The molecule has 0 spiro atoms. The Kier molecular flexibility index (Phi) is 7.71. The summed E-state index contributed by atoms with van der Waals surface area (Å²) in [5.41, 5.74) is 15.1. The first kappa shape index (κ1) is 23.7. The van der Waals surface area contributed by atoms with E-state index in [4.69, 9.17) is 25.7 Å². The number of anilines is 2. The van der Waals surface area contributed by atoms with E-state index >= 15 is 0 Å². The quantitative estimate of drug-likeness (QED) is 0.485. The van der Waals surface area contributed by atoms with Crippen molar-refractivity contribution >= 4 is 11.8 Å². The number of benzene rings is 1. The summed E-state index contributed by atoms with van der Waals surface area (Å²) in [5.74, 6) is 2.68. The minimum atomic E-state index is 0.152. The zero-order chi connectivity index (χ0) is 23.9. The van der Waals surface area contributed by atoms with Crippen LogP contribution in [-0.2, 0) is 17.7 Å². The number of nitrogens with zero attached hydrogens (tertiary/aromatic N) is 5. The third kappa shape index (κ3) is 5.70. The van der Waals surface area contributed by atoms with Crippen LogP contribution in [0.15, 0.2) is 30.7 Å². The molecule has 0 aliphatic carbocycles. The maximum Gasteiger partial charge on any atom is 0.221 e. The monoisotopic (exact) mass is 465 g/mol. The highest BCUT2D eigenvalue weighted by atomic mass is 16.5. The third-order valence-corrected chi connectivity index (χ3v) is 5.50. The van der Waals surface area contributed by atoms with Gasteiger partial charge in [0.05, 0.1) is 38.5 Å². The van der Waals surface area contributed by atoms with E-state index in [1.807, 2.05) is 38.4 Å². The number of morpholine rings is 1. The van der Waals surface area contributed by atoms with Crippen molar-refractivity contribution in [2.75, 3.05) is 51.0 Å². The third-order valence-electron chi connectivity index (χ3n) is 5.50. The second-order valence-corrected chi connectivity index (χ2v) is 7.93. The number of hydrogen-bond acceptors (Lipinski definition) is 10. The van der Waals surface area contributed by atoms with Gasteiger partial charge >= 0.3 is 0 Å². The first-order valence-electron chi connectivity index (χ1n) is 11.5. The van der Waals surface area contributed by atoms with Crippen LogP contribution >= 0.6 is 0 Å². The molecule has 10 heteroatoms. The molecule has 4 N–H and O–H groups in total. The van der Waals surface area contributed by atoms with Crippen LogP contribution in [0.2, 0.25) is 0 Å². The lowest BCUT2D eigenvalue weighted by molar-refractivity contribution is 0.0330. The molecule has 0 atom stereocenters. The SMILES string of the molecule is CCOc1cc(Cc2cnc(N)nc2N)cc(OCC)c1-c1cnc(CN2CCOCC2)nc1. The van der Waals surface area contributed by atoms with Gasteiger partial charge in [0.25, 0.3) is 0 Å². The highest BCUT2D eigenvalue weighted by molar-refractivity contribution is 5.77. The fraction of sp³-hybridized carbons (Fsp3) is 0.417. The zero-order valence-electron chi connectivity index (χ0n) is 19.7. The average molecular weight is 466 g/mol. The topological polar surface area (TPSA) is 135 Å². The Hall–Kier alpha value is -3.50. The van der Waals surface area contributed by atoms with Crippen molar-refractivity contribution in [1.82, 2.24) is 24.8 Å². The summed E-state index contributed by atoms with van der Waals surface area (Å²) in [7, 11) is 0. The highest BCUT2D eigenvalue weighted by Gasteiger charge is 2.18. The normalized spacial score (nSPS) is 14.2. The van der Waals surface area contributed by atoms with Crippen LogP contribution in [0.25, 0.3) is 11.1 Å². The van der Waals surface area contributed by atoms with Crippen LogP contribution < -0.4 is 20.9 Å². The minimum Gasteiger partial charge on any atom is -0.493 e. The van der Waals surface area contributed by atoms with Gasteiger partial charge in [0.2, 0.25) is 5.95 Å². The highest BCUT2D eigenvalue weighted by Crippen LogP contribution is 2.40. The predicted octanol–water partition coefficient (Wildman–Crippen LogP) is 2.32. The van der Waals surface area contributed by atoms with Gasteiger partial charge in [-0.05, 0) is 31.5 Å². The van der Waals surface area contributed by atoms with Crippen LogP contribution in [0.3, 0.4) is 0 Å². The summed E-state index contributed by atoms with van der Waals surface area (Å²) in [6, 6.07) is 3.97. The van der Waals surface area contributed by atoms with Crippen LogP contribution in [0, 0.1) is 0 Å². The number of hydrogen-bond donors (Lipinski definition) is 2. The van der Waals surface area contributed by atoms with Crippen molar-refractivity contribution in [2.24, 2.45) is 0 Å². The Morgan fingerprint density at radius 1 is 0.941 bits per heavy atom. The summed E-state index contributed by atoms with van der Waals surface area (Å²) in [6.07, 6.45) is 5.82. The first-order chi connectivity index (χ1) is 16.6. The van der Waals surface area contributed by atoms with Gasteiger partial charge in [-0.1, -0.05) is 0 Å². The molecule has 180 valence electrons. The van der Waals surface area contributed by atoms with E-state index in [1.54, 1.807) is 6.20 Å². The van der Waals surface area contributed by atoms with Crippen molar-refractivity contribution < 1.29 is 14.2 Å². The van der Waals surface area contributed by atoms with Crippen molar-refractivity contribution in [3.63, 3.8) is 0 Å². The number of ether oxygens (including phenoxy) is 3. The summed E-state index contributed by atoms with van der Waals surface area (Å²) in [6.45, 7) is 8.87. The Labute approximate surface area is 199 Å². The van der Waals surface area contributed by atoms with E-state index < -0.39 is 0 Å². The maximum absolute atomic E-state index is 6.04. The molecule has 3 heterocycles. The predicted molar refractivity (Wildman–Crippen MR) is 130 cm³/mol. The standard InChI is InChI=1S/C24H31N7O3/c1-3-33-19-10-16(9-17-12-29-24(26)30-23(17)25)11-20(34-4-2)22(19)18-13-27-21(28-14-18)15-31-5-7-32-8-6-31/h10-14H,3-9,15H2,1-2H3,(H4,25,26,29,30). The molecular weight excluding hydrogens is 434 g/mol. The van der Waals surface area contributed by atoms with Gasteiger partial charge in [0, 0.05) is 49.2 Å². The van der Waals surface area contributed by atoms with E-state index in [-0.39, 0.29) is 5.95 Å². The molecule has 1 fully saturated rings. The van der Waals surface area contributed by atoms with Gasteiger partial charge in [-0.2, -0.15) is 4.98 Å². The molecule has 34 heavy (non-hydrogen) atoms. The number of nitrogens with two attached hydrogens (primary N) is 2. The molecule has 3 aromatic rings. The summed E-state index contributed by atoms with van der Waals surface area (Å²) in [5, 5.41) is 0. The molecule has 0 amide bonds. The smallest absolute Gasteiger partial charge is 0.221 e. The van der Waals surface area contributed by atoms with Gasteiger partial charge < -0.3 is 25.7 Å². The van der Waals surface area contributed by atoms with Gasteiger partial charge in [-0.15, -0.1) is 0 Å². The van der Waals surface area contributed by atoms with Gasteiger partial charge in [-0.3, -0.25) is 4.90 Å². The molecule has 0 radical (unpaired) electrons. The molecule has 0 bridgehead atoms.